The summed E-state index contributed by atoms with van der Waals surface area (Å²) in [7, 11) is 0. The lowest BCUT2D eigenvalue weighted by molar-refractivity contribution is 0.0949. The van der Waals surface area contributed by atoms with E-state index in [1.54, 1.807) is 0 Å². The van der Waals surface area contributed by atoms with E-state index in [4.69, 9.17) is 0 Å². The van der Waals surface area contributed by atoms with Crippen LogP contribution in [0.25, 0.3) is 0 Å². The number of hydrogen-bond donors (Lipinski definition) is 1. The van der Waals surface area contributed by atoms with Crippen LogP contribution in [0.4, 0.5) is 0 Å². The second-order valence-corrected chi connectivity index (χ2v) is 7.60. The second-order valence-electron chi connectivity index (χ2n) is 6.75. The van der Waals surface area contributed by atoms with Gasteiger partial charge in [0.2, 0.25) is 0 Å². The van der Waals surface area contributed by atoms with Gasteiger partial charge in [0.1, 0.15) is 0 Å². The van der Waals surface area contributed by atoms with Crippen LogP contribution >= 0.6 is 15.9 Å². The van der Waals surface area contributed by atoms with Crippen molar-refractivity contribution in [2.24, 2.45) is 0 Å². The first kappa shape index (κ1) is 18.2. The number of carbonyl (C=O) groups is 1. The molecule has 1 unspecified atom stereocenters. The van der Waals surface area contributed by atoms with Gasteiger partial charge in [-0.3, -0.25) is 9.69 Å². The molecule has 132 valence electrons. The van der Waals surface area contributed by atoms with Gasteiger partial charge in [0.15, 0.2) is 0 Å². The maximum Gasteiger partial charge on any atom is 0.252 e. The van der Waals surface area contributed by atoms with Crippen molar-refractivity contribution in [1.82, 2.24) is 10.2 Å². The van der Waals surface area contributed by atoms with Crippen LogP contribution in [0, 0.1) is 0 Å². The van der Waals surface area contributed by atoms with Crippen LogP contribution in [0.1, 0.15) is 47.7 Å². The fourth-order valence-electron chi connectivity index (χ4n) is 3.41. The lowest BCUT2D eigenvalue weighted by Gasteiger charge is -2.33. The molecule has 25 heavy (non-hydrogen) atoms. The number of benzene rings is 2. The molecule has 1 aliphatic rings. The van der Waals surface area contributed by atoms with Crippen molar-refractivity contribution in [3.05, 3.63) is 69.7 Å². The number of halogens is 1. The Morgan fingerprint density at radius 3 is 2.60 bits per heavy atom. The Labute approximate surface area is 158 Å². The molecule has 0 bridgehead atoms. The number of hydrogen-bond acceptors (Lipinski definition) is 2. The zero-order valence-electron chi connectivity index (χ0n) is 14.7. The van der Waals surface area contributed by atoms with Gasteiger partial charge in [0.05, 0.1) is 5.56 Å². The SMILES string of the molecule is CC1CCCCN1Cc1ccccc1CNC(=O)c1ccccc1Br. The molecule has 3 nitrogen and oxygen atoms in total. The molecule has 3 rings (SSSR count). The summed E-state index contributed by atoms with van der Waals surface area (Å²) >= 11 is 3.44. The quantitative estimate of drug-likeness (QED) is 0.784. The maximum absolute atomic E-state index is 12.4. The molecular weight excluding hydrogens is 376 g/mol. The van der Waals surface area contributed by atoms with Crippen molar-refractivity contribution in [1.29, 1.82) is 0 Å². The first-order chi connectivity index (χ1) is 12.1. The Morgan fingerprint density at radius 1 is 1.12 bits per heavy atom. The van der Waals surface area contributed by atoms with Gasteiger partial charge in [-0.2, -0.15) is 0 Å². The molecule has 4 heteroatoms. The predicted molar refractivity (Wildman–Crippen MR) is 105 cm³/mol. The number of rotatable bonds is 5. The molecule has 1 saturated heterocycles. The van der Waals surface area contributed by atoms with Crippen LogP contribution < -0.4 is 5.32 Å². The largest absolute Gasteiger partial charge is 0.348 e. The number of piperidine rings is 1. The molecule has 0 saturated carbocycles. The van der Waals surface area contributed by atoms with Gasteiger partial charge >= 0.3 is 0 Å². The molecule has 2 aromatic carbocycles. The zero-order chi connectivity index (χ0) is 17.6. The second kappa shape index (κ2) is 8.63. The number of nitrogens with one attached hydrogen (secondary N) is 1. The highest BCUT2D eigenvalue weighted by atomic mass is 79.9. The van der Waals surface area contributed by atoms with Crippen molar-refractivity contribution in [3.8, 4) is 0 Å². The minimum absolute atomic E-state index is 0.0476. The number of amides is 1. The van der Waals surface area contributed by atoms with E-state index in [9.17, 15) is 4.79 Å². The summed E-state index contributed by atoms with van der Waals surface area (Å²) in [4.78, 5) is 15.0. The Bertz CT molecular complexity index is 731. The monoisotopic (exact) mass is 400 g/mol. The standard InChI is InChI=1S/C21H25BrN2O/c1-16-8-6-7-13-24(16)15-18-10-3-2-9-17(18)14-23-21(25)19-11-4-5-12-20(19)22/h2-5,9-12,16H,6-8,13-15H2,1H3,(H,23,25). The number of carbonyl (C=O) groups excluding carboxylic acids is 1. The number of likely N-dealkylation sites (tertiary alicyclic amines) is 1. The minimum Gasteiger partial charge on any atom is -0.348 e. The van der Waals surface area contributed by atoms with Crippen LogP contribution in [0.2, 0.25) is 0 Å². The lowest BCUT2D eigenvalue weighted by Crippen LogP contribution is -2.37. The smallest absolute Gasteiger partial charge is 0.252 e. The maximum atomic E-state index is 12.4. The van der Waals surface area contributed by atoms with Crippen molar-refractivity contribution in [3.63, 3.8) is 0 Å². The fourth-order valence-corrected chi connectivity index (χ4v) is 3.88. The van der Waals surface area contributed by atoms with Gasteiger partial charge in [-0.15, -0.1) is 0 Å². The van der Waals surface area contributed by atoms with E-state index < -0.39 is 0 Å². The molecule has 2 aromatic rings. The summed E-state index contributed by atoms with van der Waals surface area (Å²) in [6.45, 7) is 5.00. The molecule has 1 amide bonds. The Morgan fingerprint density at radius 2 is 1.84 bits per heavy atom. The summed E-state index contributed by atoms with van der Waals surface area (Å²) in [5.74, 6) is -0.0476. The third-order valence-electron chi connectivity index (χ3n) is 4.99. The molecule has 0 radical (unpaired) electrons. The summed E-state index contributed by atoms with van der Waals surface area (Å²) in [6, 6.07) is 16.6. The van der Waals surface area contributed by atoms with Gasteiger partial charge in [0, 0.05) is 23.6 Å². The van der Waals surface area contributed by atoms with Crippen molar-refractivity contribution >= 4 is 21.8 Å². The molecule has 1 heterocycles. The molecule has 0 spiro atoms. The van der Waals surface area contributed by atoms with Crippen LogP contribution in [-0.2, 0) is 13.1 Å². The van der Waals surface area contributed by atoms with Gasteiger partial charge in [-0.05, 0) is 65.5 Å². The highest BCUT2D eigenvalue weighted by Gasteiger charge is 2.19. The molecular formula is C21H25BrN2O. The van der Waals surface area contributed by atoms with E-state index in [1.807, 2.05) is 30.3 Å². The zero-order valence-corrected chi connectivity index (χ0v) is 16.3. The average Bonchev–Trinajstić information content (AvgIpc) is 2.63. The third-order valence-corrected chi connectivity index (χ3v) is 5.68. The summed E-state index contributed by atoms with van der Waals surface area (Å²) in [5.41, 5.74) is 3.17. The van der Waals surface area contributed by atoms with Crippen LogP contribution in [0.3, 0.4) is 0 Å². The summed E-state index contributed by atoms with van der Waals surface area (Å²) in [5, 5.41) is 3.06. The van der Waals surface area contributed by atoms with Crippen molar-refractivity contribution in [2.45, 2.75) is 45.3 Å². The third kappa shape index (κ3) is 4.71. The van der Waals surface area contributed by atoms with Crippen LogP contribution in [0.5, 0.6) is 0 Å². The van der Waals surface area contributed by atoms with Crippen molar-refractivity contribution in [2.75, 3.05) is 6.54 Å². The molecule has 1 N–H and O–H groups in total. The Balaban J connectivity index is 1.67. The molecule has 0 aliphatic carbocycles. The summed E-state index contributed by atoms with van der Waals surface area (Å²) in [6.07, 6.45) is 3.90. The van der Waals surface area contributed by atoms with Gasteiger partial charge in [0.25, 0.3) is 5.91 Å². The van der Waals surface area contributed by atoms with Crippen molar-refractivity contribution < 1.29 is 4.79 Å². The average molecular weight is 401 g/mol. The Hall–Kier alpha value is -1.65. The topological polar surface area (TPSA) is 32.3 Å². The van der Waals surface area contributed by atoms with Crippen LogP contribution in [-0.4, -0.2) is 23.4 Å². The van der Waals surface area contributed by atoms with Crippen LogP contribution in [0.15, 0.2) is 53.0 Å². The van der Waals surface area contributed by atoms with E-state index in [0.29, 0.717) is 18.2 Å². The Kier molecular flexibility index (Phi) is 6.27. The molecule has 1 atom stereocenters. The van der Waals surface area contributed by atoms with E-state index in [2.05, 4.69) is 51.3 Å². The highest BCUT2D eigenvalue weighted by Crippen LogP contribution is 2.21. The minimum atomic E-state index is -0.0476. The predicted octanol–water partition coefficient (Wildman–Crippen LogP) is 4.75. The first-order valence-corrected chi connectivity index (χ1v) is 9.78. The van der Waals surface area contributed by atoms with E-state index in [0.717, 1.165) is 11.0 Å². The van der Waals surface area contributed by atoms with Gasteiger partial charge in [-0.1, -0.05) is 42.8 Å². The summed E-state index contributed by atoms with van der Waals surface area (Å²) < 4.78 is 0.822. The molecule has 1 aliphatic heterocycles. The molecule has 0 aromatic heterocycles. The van der Waals surface area contributed by atoms with E-state index in [-0.39, 0.29) is 5.91 Å². The van der Waals surface area contributed by atoms with Gasteiger partial charge < -0.3 is 5.32 Å². The van der Waals surface area contributed by atoms with Gasteiger partial charge in [-0.25, -0.2) is 0 Å². The first-order valence-electron chi connectivity index (χ1n) is 8.98. The highest BCUT2D eigenvalue weighted by molar-refractivity contribution is 9.10. The normalized spacial score (nSPS) is 18.1. The number of nitrogens with zero attached hydrogens (tertiary/aromatic N) is 1. The van der Waals surface area contributed by atoms with E-state index in [1.165, 1.54) is 36.9 Å². The molecule has 1 fully saturated rings. The lowest BCUT2D eigenvalue weighted by atomic mass is 10.0. The fraction of sp³-hybridized carbons (Fsp3) is 0.381. The van der Waals surface area contributed by atoms with E-state index >= 15 is 0 Å².